The van der Waals surface area contributed by atoms with Crippen LogP contribution in [0.3, 0.4) is 0 Å². The molecule has 0 saturated carbocycles. The standard InChI is InChI=1S/C23H26N4O2/c1-16(2)14-27-18-6-4-11-24-21(18)26-12-5-7-20(26)23(27)10-13-25(15-23)22(28)19-9-8-17(3)29-19/h4-9,11-12,16H,10,13-15H2,1-3H3. The van der Waals surface area contributed by atoms with Gasteiger partial charge in [0.25, 0.3) is 5.91 Å². The summed E-state index contributed by atoms with van der Waals surface area (Å²) < 4.78 is 7.81. The first kappa shape index (κ1) is 18.0. The number of carbonyl (C=O) groups excluding carboxylic acids is 1. The highest BCUT2D eigenvalue weighted by Gasteiger charge is 2.51. The number of carbonyl (C=O) groups is 1. The van der Waals surface area contributed by atoms with Gasteiger partial charge in [-0.25, -0.2) is 4.98 Å². The molecule has 150 valence electrons. The molecule has 1 fully saturated rings. The summed E-state index contributed by atoms with van der Waals surface area (Å²) in [7, 11) is 0. The zero-order valence-corrected chi connectivity index (χ0v) is 17.1. The molecule has 5 rings (SSSR count). The van der Waals surface area contributed by atoms with Crippen LogP contribution in [0.15, 0.2) is 53.2 Å². The van der Waals surface area contributed by atoms with Crippen LogP contribution in [0.5, 0.6) is 0 Å². The molecule has 1 spiro atoms. The van der Waals surface area contributed by atoms with E-state index in [1.807, 2.05) is 30.2 Å². The minimum Gasteiger partial charge on any atom is -0.456 e. The van der Waals surface area contributed by atoms with Crippen LogP contribution >= 0.6 is 0 Å². The maximum atomic E-state index is 13.1. The molecule has 6 nitrogen and oxygen atoms in total. The Morgan fingerprint density at radius 2 is 2.10 bits per heavy atom. The molecular formula is C23H26N4O2. The van der Waals surface area contributed by atoms with Crippen molar-refractivity contribution in [3.05, 3.63) is 66.0 Å². The molecule has 3 aromatic heterocycles. The van der Waals surface area contributed by atoms with Crippen molar-refractivity contribution in [2.24, 2.45) is 5.92 Å². The Morgan fingerprint density at radius 1 is 1.24 bits per heavy atom. The lowest BCUT2D eigenvalue weighted by Crippen LogP contribution is -2.54. The molecule has 1 unspecified atom stereocenters. The van der Waals surface area contributed by atoms with Crippen molar-refractivity contribution in [3.63, 3.8) is 0 Å². The molecule has 5 heterocycles. The van der Waals surface area contributed by atoms with Gasteiger partial charge in [-0.15, -0.1) is 0 Å². The second-order valence-electron chi connectivity index (χ2n) is 8.53. The van der Waals surface area contributed by atoms with E-state index >= 15 is 0 Å². The van der Waals surface area contributed by atoms with Crippen molar-refractivity contribution in [1.82, 2.24) is 14.5 Å². The van der Waals surface area contributed by atoms with Gasteiger partial charge in [-0.05, 0) is 55.7 Å². The van der Waals surface area contributed by atoms with Gasteiger partial charge in [-0.1, -0.05) is 13.8 Å². The number of hydrogen-bond donors (Lipinski definition) is 0. The number of rotatable bonds is 3. The molecule has 0 aromatic carbocycles. The van der Waals surface area contributed by atoms with Crippen LogP contribution in [0.1, 0.15) is 42.3 Å². The van der Waals surface area contributed by atoms with Crippen molar-refractivity contribution in [3.8, 4) is 5.82 Å². The summed E-state index contributed by atoms with van der Waals surface area (Å²) in [4.78, 5) is 22.2. The summed E-state index contributed by atoms with van der Waals surface area (Å²) in [6.07, 6.45) is 4.80. The number of nitrogens with zero attached hydrogens (tertiary/aromatic N) is 4. The summed E-state index contributed by atoms with van der Waals surface area (Å²) in [5, 5.41) is 0. The number of amides is 1. The first-order chi connectivity index (χ1) is 14.0. The minimum atomic E-state index is -0.263. The summed E-state index contributed by atoms with van der Waals surface area (Å²) in [5.41, 5.74) is 2.07. The number of fused-ring (bicyclic) bond motifs is 4. The second kappa shape index (κ2) is 6.51. The Balaban J connectivity index is 1.58. The average Bonchev–Trinajstić information content (AvgIpc) is 3.44. The number of aryl methyl sites for hydroxylation is 1. The van der Waals surface area contributed by atoms with E-state index < -0.39 is 0 Å². The van der Waals surface area contributed by atoms with Gasteiger partial charge in [0.1, 0.15) is 11.3 Å². The number of pyridine rings is 1. The van der Waals surface area contributed by atoms with Crippen LogP contribution in [-0.2, 0) is 5.54 Å². The minimum absolute atomic E-state index is 0.0328. The molecule has 2 aliphatic heterocycles. The smallest absolute Gasteiger partial charge is 0.289 e. The van der Waals surface area contributed by atoms with Crippen LogP contribution in [-0.4, -0.2) is 40.0 Å². The zero-order valence-electron chi connectivity index (χ0n) is 17.1. The van der Waals surface area contributed by atoms with E-state index in [1.165, 1.54) is 5.69 Å². The highest BCUT2D eigenvalue weighted by molar-refractivity contribution is 5.92. The molecule has 0 N–H and O–H groups in total. The highest BCUT2D eigenvalue weighted by atomic mass is 16.3. The number of aromatic nitrogens is 2. The molecule has 6 heteroatoms. The maximum Gasteiger partial charge on any atom is 0.289 e. The topological polar surface area (TPSA) is 54.5 Å². The fourth-order valence-corrected chi connectivity index (χ4v) is 4.84. The first-order valence-corrected chi connectivity index (χ1v) is 10.3. The lowest BCUT2D eigenvalue weighted by molar-refractivity contribution is 0.0748. The van der Waals surface area contributed by atoms with Gasteiger partial charge in [0.05, 0.1) is 17.9 Å². The molecule has 1 atom stereocenters. The van der Waals surface area contributed by atoms with Gasteiger partial charge >= 0.3 is 0 Å². The van der Waals surface area contributed by atoms with Crippen molar-refractivity contribution >= 4 is 11.6 Å². The maximum absolute atomic E-state index is 13.1. The number of likely N-dealkylation sites (tertiary alicyclic amines) is 1. The van der Waals surface area contributed by atoms with Gasteiger partial charge in [-0.3, -0.25) is 4.79 Å². The van der Waals surface area contributed by atoms with Crippen LogP contribution in [0.25, 0.3) is 5.82 Å². The molecule has 0 aliphatic carbocycles. The third-order valence-corrected chi connectivity index (χ3v) is 6.06. The molecule has 3 aromatic rings. The van der Waals surface area contributed by atoms with Gasteiger partial charge < -0.3 is 18.8 Å². The van der Waals surface area contributed by atoms with E-state index in [4.69, 9.17) is 4.42 Å². The monoisotopic (exact) mass is 390 g/mol. The molecule has 2 aliphatic rings. The van der Waals surface area contributed by atoms with E-state index in [2.05, 4.69) is 52.7 Å². The predicted molar refractivity (Wildman–Crippen MR) is 111 cm³/mol. The normalized spacial score (nSPS) is 20.4. The van der Waals surface area contributed by atoms with Crippen molar-refractivity contribution in [2.75, 3.05) is 24.5 Å². The predicted octanol–water partition coefficient (Wildman–Crippen LogP) is 3.99. The molecule has 0 radical (unpaired) electrons. The molecular weight excluding hydrogens is 364 g/mol. The number of anilines is 1. The summed E-state index contributed by atoms with van der Waals surface area (Å²) in [6.45, 7) is 8.59. The largest absolute Gasteiger partial charge is 0.456 e. The third kappa shape index (κ3) is 2.69. The fraction of sp³-hybridized carbons (Fsp3) is 0.391. The lowest BCUT2D eigenvalue weighted by atomic mass is 9.88. The van der Waals surface area contributed by atoms with Gasteiger partial charge in [0.2, 0.25) is 0 Å². The number of hydrogen-bond acceptors (Lipinski definition) is 4. The molecule has 1 amide bonds. The quantitative estimate of drug-likeness (QED) is 0.679. The van der Waals surface area contributed by atoms with Crippen LogP contribution in [0, 0.1) is 12.8 Å². The third-order valence-electron chi connectivity index (χ3n) is 6.06. The summed E-state index contributed by atoms with van der Waals surface area (Å²) >= 11 is 0. The van der Waals surface area contributed by atoms with E-state index in [1.54, 1.807) is 6.07 Å². The van der Waals surface area contributed by atoms with Crippen LogP contribution in [0.4, 0.5) is 5.69 Å². The molecule has 1 saturated heterocycles. The Morgan fingerprint density at radius 3 is 2.86 bits per heavy atom. The second-order valence-corrected chi connectivity index (χ2v) is 8.53. The van der Waals surface area contributed by atoms with Crippen molar-refractivity contribution in [2.45, 2.75) is 32.7 Å². The summed E-state index contributed by atoms with van der Waals surface area (Å²) in [5.74, 6) is 2.59. The van der Waals surface area contributed by atoms with Crippen LogP contribution in [0.2, 0.25) is 0 Å². The first-order valence-electron chi connectivity index (χ1n) is 10.3. The Bertz CT molecular complexity index is 1070. The Kier molecular flexibility index (Phi) is 4.05. The van der Waals surface area contributed by atoms with Gasteiger partial charge in [0, 0.05) is 25.5 Å². The van der Waals surface area contributed by atoms with Crippen molar-refractivity contribution < 1.29 is 9.21 Å². The van der Waals surface area contributed by atoms with E-state index in [0.29, 0.717) is 24.8 Å². The Hall–Kier alpha value is -3.02. The fourth-order valence-electron chi connectivity index (χ4n) is 4.84. The SMILES string of the molecule is Cc1ccc(C(=O)N2CCC3(C2)c2cccn2-c2ncccc2N3CC(C)C)o1. The molecule has 0 bridgehead atoms. The van der Waals surface area contributed by atoms with E-state index in [0.717, 1.165) is 30.2 Å². The van der Waals surface area contributed by atoms with Crippen molar-refractivity contribution in [1.29, 1.82) is 0 Å². The van der Waals surface area contributed by atoms with Crippen LogP contribution < -0.4 is 4.90 Å². The Labute approximate surface area is 170 Å². The lowest BCUT2D eigenvalue weighted by Gasteiger charge is -2.47. The van der Waals surface area contributed by atoms with Gasteiger partial charge in [0.15, 0.2) is 11.6 Å². The molecule has 29 heavy (non-hydrogen) atoms. The zero-order chi connectivity index (χ0) is 20.2. The highest BCUT2D eigenvalue weighted by Crippen LogP contribution is 2.47. The average molecular weight is 390 g/mol. The van der Waals surface area contributed by atoms with Gasteiger partial charge in [-0.2, -0.15) is 0 Å². The number of furan rings is 1. The van der Waals surface area contributed by atoms with E-state index in [9.17, 15) is 4.79 Å². The summed E-state index contributed by atoms with van der Waals surface area (Å²) in [6, 6.07) is 12.0. The van der Waals surface area contributed by atoms with E-state index in [-0.39, 0.29) is 11.4 Å².